The van der Waals surface area contributed by atoms with Gasteiger partial charge in [0.05, 0.1) is 51.6 Å². The number of ether oxygens (including phenoxy) is 3. The third kappa shape index (κ3) is 7.16. The normalized spacial score (nSPS) is 19.8. The number of aliphatic imine (C=N–C) groups is 2. The average molecular weight is 896 g/mol. The highest BCUT2D eigenvalue weighted by Crippen LogP contribution is 2.52. The quantitative estimate of drug-likeness (QED) is 0.166. The lowest BCUT2D eigenvalue weighted by atomic mass is 9.92. The smallest absolute Gasteiger partial charge is 0.159 e. The molecule has 5 aliphatic rings. The Labute approximate surface area is 401 Å². The highest BCUT2D eigenvalue weighted by Gasteiger charge is 2.31. The zero-order chi connectivity index (χ0) is 45.8. The van der Waals surface area contributed by atoms with Crippen molar-refractivity contribution in [3.05, 3.63) is 235 Å². The number of anilines is 8. The van der Waals surface area contributed by atoms with E-state index in [1.54, 1.807) is 0 Å². The van der Waals surface area contributed by atoms with Crippen LogP contribution in [0.1, 0.15) is 30.9 Å². The Morgan fingerprint density at radius 1 is 0.420 bits per heavy atom. The number of para-hydroxylation sites is 12. The fourth-order valence-electron chi connectivity index (χ4n) is 10.1. The first-order chi connectivity index (χ1) is 34.1. The molecular weight excluding hydrogens is 851 g/mol. The molecule has 0 N–H and O–H groups in total. The minimum atomic E-state index is 0.0532. The molecule has 0 spiro atoms. The van der Waals surface area contributed by atoms with Gasteiger partial charge in [-0.3, -0.25) is 0 Å². The molecule has 2 atom stereocenters. The van der Waals surface area contributed by atoms with Crippen molar-refractivity contribution in [1.82, 2.24) is 0 Å². The van der Waals surface area contributed by atoms with E-state index in [0.29, 0.717) is 5.84 Å². The summed E-state index contributed by atoms with van der Waals surface area (Å²) in [6, 6.07) is 66.8. The summed E-state index contributed by atoms with van der Waals surface area (Å²) in [5.41, 5.74) is 13.1. The van der Waals surface area contributed by atoms with Crippen molar-refractivity contribution in [1.29, 1.82) is 0 Å². The number of hydrogen-bond acceptors (Lipinski definition) is 8. The largest absolute Gasteiger partial charge is 0.453 e. The molecule has 0 saturated carbocycles. The van der Waals surface area contributed by atoms with Crippen molar-refractivity contribution in [3.8, 4) is 34.5 Å². The molecule has 1 aliphatic carbocycles. The van der Waals surface area contributed by atoms with Crippen molar-refractivity contribution >= 4 is 62.7 Å². The van der Waals surface area contributed by atoms with Crippen molar-refractivity contribution in [2.24, 2.45) is 15.9 Å². The van der Waals surface area contributed by atoms with Crippen molar-refractivity contribution in [3.63, 3.8) is 0 Å². The van der Waals surface area contributed by atoms with Gasteiger partial charge in [0, 0.05) is 28.4 Å². The molecule has 8 heteroatoms. The number of nitrogens with zero attached hydrogens (tertiary/aromatic N) is 5. The van der Waals surface area contributed by atoms with Crippen LogP contribution in [0.5, 0.6) is 34.5 Å². The predicted molar refractivity (Wildman–Crippen MR) is 279 cm³/mol. The molecule has 0 bridgehead atoms. The van der Waals surface area contributed by atoms with Crippen LogP contribution in [0.4, 0.5) is 45.5 Å². The van der Waals surface area contributed by atoms with Crippen LogP contribution in [-0.4, -0.2) is 17.6 Å². The van der Waals surface area contributed by atoms with Crippen LogP contribution in [0.25, 0.3) is 5.70 Å². The van der Waals surface area contributed by atoms with E-state index >= 15 is 0 Å². The van der Waals surface area contributed by atoms with Crippen molar-refractivity contribution < 1.29 is 14.2 Å². The molecule has 0 fully saturated rings. The van der Waals surface area contributed by atoms with E-state index in [2.05, 4.69) is 167 Å². The molecule has 0 aromatic heterocycles. The van der Waals surface area contributed by atoms with Crippen molar-refractivity contribution in [2.45, 2.75) is 25.8 Å². The minimum absolute atomic E-state index is 0.0532. The van der Waals surface area contributed by atoms with Crippen LogP contribution >= 0.6 is 0 Å². The highest BCUT2D eigenvalue weighted by molar-refractivity contribution is 6.15. The van der Waals surface area contributed by atoms with Gasteiger partial charge in [0.1, 0.15) is 0 Å². The first-order valence-corrected chi connectivity index (χ1v) is 23.6. The SMILES string of the molecule is CC1C/C=C(c2ccc(N3c4ccccc4Oc4ccccc43)cc2)/N=C(C2=CCC(N3c4ccccc4Oc4ccccc43)C=C2)\N=C/1c1ccc(N2c3ccccc3Oc3ccccc32)cc1. The number of amidine groups is 1. The number of allylic oxidation sites excluding steroid dienone is 1. The molecular formula is C61H45N5O3. The number of fused-ring (bicyclic) bond motifs is 6. The average Bonchev–Trinajstić information content (AvgIpc) is 3.40. The van der Waals surface area contributed by atoms with E-state index in [9.17, 15) is 0 Å². The topological polar surface area (TPSA) is 62.1 Å². The molecule has 8 nitrogen and oxygen atoms in total. The fourth-order valence-corrected chi connectivity index (χ4v) is 10.1. The van der Waals surface area contributed by atoms with E-state index in [1.807, 2.05) is 72.8 Å². The predicted octanol–water partition coefficient (Wildman–Crippen LogP) is 16.3. The Bertz CT molecular complexity index is 3340. The molecule has 8 aromatic rings. The van der Waals surface area contributed by atoms with Gasteiger partial charge in [-0.25, -0.2) is 9.98 Å². The summed E-state index contributed by atoms with van der Waals surface area (Å²) in [6.07, 6.45) is 10.6. The summed E-state index contributed by atoms with van der Waals surface area (Å²) >= 11 is 0. The molecule has 13 rings (SSSR count). The van der Waals surface area contributed by atoms with E-state index in [1.165, 1.54) is 0 Å². The Hall–Kier alpha value is -8.88. The van der Waals surface area contributed by atoms with E-state index in [0.717, 1.165) is 121 Å². The number of benzene rings is 8. The maximum absolute atomic E-state index is 6.36. The Morgan fingerprint density at radius 3 is 1.26 bits per heavy atom. The van der Waals surface area contributed by atoms with Gasteiger partial charge in [-0.2, -0.15) is 0 Å². The summed E-state index contributed by atoms with van der Waals surface area (Å²) in [7, 11) is 0. The summed E-state index contributed by atoms with van der Waals surface area (Å²) in [5, 5.41) is 0. The second-order valence-electron chi connectivity index (χ2n) is 17.7. The van der Waals surface area contributed by atoms with E-state index in [4.69, 9.17) is 24.2 Å². The number of hydrogen-bond donors (Lipinski definition) is 0. The first-order valence-electron chi connectivity index (χ1n) is 23.6. The standard InChI is InChI=1S/C61H45N5O3/c1-40-26-39-47(41-27-33-44(34-28-41)64-48-14-2-8-20-54(48)67-55-21-9-3-15-49(55)64)62-61(43-31-37-46(38-32-43)66-52-18-6-12-24-58(52)69-59-25-13-7-19-53(59)66)63-60(40)42-29-35-45(36-30-42)65-50-16-4-10-22-56(50)68-57-23-11-5-17-51(57)65/h2-25,27-37,39-40,46H,26,38H2,1H3/b47-39+,62-61-,63-60+. The van der Waals surface area contributed by atoms with E-state index in [-0.39, 0.29) is 12.0 Å². The van der Waals surface area contributed by atoms with Gasteiger partial charge in [0.2, 0.25) is 0 Å². The summed E-state index contributed by atoms with van der Waals surface area (Å²) in [6.45, 7) is 2.27. The van der Waals surface area contributed by atoms with Crippen LogP contribution in [0.15, 0.2) is 234 Å². The lowest BCUT2D eigenvalue weighted by Crippen LogP contribution is -2.32. The lowest BCUT2D eigenvalue weighted by molar-refractivity contribution is 0.470. The summed E-state index contributed by atoms with van der Waals surface area (Å²) in [4.78, 5) is 18.0. The van der Waals surface area contributed by atoms with E-state index < -0.39 is 0 Å². The molecule has 4 aliphatic heterocycles. The minimum Gasteiger partial charge on any atom is -0.453 e. The van der Waals surface area contributed by atoms with Gasteiger partial charge in [-0.05, 0) is 115 Å². The maximum Gasteiger partial charge on any atom is 0.159 e. The second kappa shape index (κ2) is 16.8. The van der Waals surface area contributed by atoms with Crippen LogP contribution in [0.3, 0.4) is 0 Å². The molecule has 0 radical (unpaired) electrons. The lowest BCUT2D eigenvalue weighted by Gasteiger charge is -2.38. The van der Waals surface area contributed by atoms with Crippen LogP contribution in [0.2, 0.25) is 0 Å². The summed E-state index contributed by atoms with van der Waals surface area (Å²) in [5.74, 6) is 5.77. The molecule has 4 heterocycles. The van der Waals surface area contributed by atoms with Gasteiger partial charge in [0.15, 0.2) is 40.3 Å². The van der Waals surface area contributed by atoms with Gasteiger partial charge in [-0.1, -0.05) is 128 Å². The van der Waals surface area contributed by atoms with Gasteiger partial charge in [0.25, 0.3) is 0 Å². The summed E-state index contributed by atoms with van der Waals surface area (Å²) < 4.78 is 19.0. The monoisotopic (exact) mass is 895 g/mol. The van der Waals surface area contributed by atoms with Gasteiger partial charge < -0.3 is 28.9 Å². The highest BCUT2D eigenvalue weighted by atomic mass is 16.5. The third-order valence-corrected chi connectivity index (χ3v) is 13.4. The number of rotatable bonds is 6. The Balaban J connectivity index is 0.873. The van der Waals surface area contributed by atoms with Gasteiger partial charge >= 0.3 is 0 Å². The van der Waals surface area contributed by atoms with Crippen LogP contribution < -0.4 is 28.9 Å². The Morgan fingerprint density at radius 2 is 0.826 bits per heavy atom. The molecule has 8 aromatic carbocycles. The van der Waals surface area contributed by atoms with Gasteiger partial charge in [-0.15, -0.1) is 0 Å². The maximum atomic E-state index is 6.36. The molecule has 0 amide bonds. The zero-order valence-electron chi connectivity index (χ0n) is 37.8. The fraction of sp³-hybridized carbons (Fsp3) is 0.0820. The molecule has 332 valence electrons. The van der Waals surface area contributed by atoms with Crippen LogP contribution in [0, 0.1) is 5.92 Å². The van der Waals surface area contributed by atoms with Crippen molar-refractivity contribution in [2.75, 3.05) is 14.7 Å². The molecule has 69 heavy (non-hydrogen) atoms. The first kappa shape index (κ1) is 40.4. The second-order valence-corrected chi connectivity index (χ2v) is 17.7. The Kier molecular flexibility index (Phi) is 9.82. The zero-order valence-corrected chi connectivity index (χ0v) is 37.8. The molecule has 0 saturated heterocycles. The third-order valence-electron chi connectivity index (χ3n) is 13.4. The van der Waals surface area contributed by atoms with Crippen LogP contribution in [-0.2, 0) is 0 Å². The molecule has 2 unspecified atom stereocenters.